The molecule has 0 aromatic carbocycles. The summed E-state index contributed by atoms with van der Waals surface area (Å²) in [4.78, 5) is 14.0. The first kappa shape index (κ1) is 15.1. The second-order valence-corrected chi connectivity index (χ2v) is 6.22. The average Bonchev–Trinajstić information content (AvgIpc) is 2.82. The van der Waals surface area contributed by atoms with Gasteiger partial charge in [-0.2, -0.15) is 0 Å². The second kappa shape index (κ2) is 6.44. The highest BCUT2D eigenvalue weighted by molar-refractivity contribution is 5.78. The van der Waals surface area contributed by atoms with Gasteiger partial charge in [-0.1, -0.05) is 20.8 Å². The molecule has 0 spiro atoms. The number of rotatable bonds is 4. The Morgan fingerprint density at radius 2 is 2.30 bits per heavy atom. The van der Waals surface area contributed by atoms with Crippen molar-refractivity contribution in [3.63, 3.8) is 0 Å². The molecule has 1 aromatic rings. The fourth-order valence-corrected chi connectivity index (χ4v) is 2.82. The van der Waals surface area contributed by atoms with E-state index in [0.29, 0.717) is 12.0 Å². The van der Waals surface area contributed by atoms with Crippen molar-refractivity contribution in [3.8, 4) is 0 Å². The highest BCUT2D eigenvalue weighted by Gasteiger charge is 2.29. The Labute approximate surface area is 121 Å². The molecule has 4 nitrogen and oxygen atoms in total. The van der Waals surface area contributed by atoms with Gasteiger partial charge in [0.15, 0.2) is 0 Å². The smallest absolute Gasteiger partial charge is 0.225 e. The highest BCUT2D eigenvalue weighted by Crippen LogP contribution is 2.19. The van der Waals surface area contributed by atoms with Crippen LogP contribution in [-0.4, -0.2) is 29.9 Å². The zero-order valence-corrected chi connectivity index (χ0v) is 13.0. The van der Waals surface area contributed by atoms with Gasteiger partial charge in [-0.25, -0.2) is 0 Å². The lowest BCUT2D eigenvalue weighted by Gasteiger charge is -2.38. The lowest BCUT2D eigenvalue weighted by atomic mass is 9.93. The topological polar surface area (TPSA) is 45.5 Å². The number of carbonyl (C=O) groups is 1. The van der Waals surface area contributed by atoms with Gasteiger partial charge in [-0.3, -0.25) is 4.79 Å². The van der Waals surface area contributed by atoms with Crippen LogP contribution < -0.4 is 5.32 Å². The Kier molecular flexibility index (Phi) is 4.86. The molecule has 0 aliphatic carbocycles. The lowest BCUT2D eigenvalue weighted by molar-refractivity contribution is -0.136. The van der Waals surface area contributed by atoms with E-state index in [9.17, 15) is 4.79 Å². The van der Waals surface area contributed by atoms with Gasteiger partial charge in [0.1, 0.15) is 5.76 Å². The van der Waals surface area contributed by atoms with E-state index in [2.05, 4.69) is 19.2 Å². The number of hydrogen-bond acceptors (Lipinski definition) is 3. The first-order valence-electron chi connectivity index (χ1n) is 7.54. The van der Waals surface area contributed by atoms with E-state index < -0.39 is 0 Å². The zero-order chi connectivity index (χ0) is 14.7. The average molecular weight is 278 g/mol. The fourth-order valence-electron chi connectivity index (χ4n) is 2.82. The van der Waals surface area contributed by atoms with Crippen molar-refractivity contribution in [2.75, 3.05) is 13.1 Å². The van der Waals surface area contributed by atoms with Crippen LogP contribution in [0.5, 0.6) is 0 Å². The van der Waals surface area contributed by atoms with Gasteiger partial charge in [0.2, 0.25) is 5.91 Å². The first-order valence-corrected chi connectivity index (χ1v) is 7.54. The van der Waals surface area contributed by atoms with Crippen molar-refractivity contribution in [2.24, 2.45) is 11.8 Å². The molecule has 4 heteroatoms. The summed E-state index contributed by atoms with van der Waals surface area (Å²) in [5.41, 5.74) is 1.19. The van der Waals surface area contributed by atoms with Crippen LogP contribution in [0.3, 0.4) is 0 Å². The molecule has 1 aliphatic rings. The lowest BCUT2D eigenvalue weighted by Crippen LogP contribution is -2.50. The van der Waals surface area contributed by atoms with Gasteiger partial charge in [0.25, 0.3) is 0 Å². The van der Waals surface area contributed by atoms with Crippen molar-refractivity contribution in [3.05, 3.63) is 23.7 Å². The second-order valence-electron chi connectivity index (χ2n) is 6.22. The van der Waals surface area contributed by atoms with E-state index in [1.165, 1.54) is 5.56 Å². The highest BCUT2D eigenvalue weighted by atomic mass is 16.3. The quantitative estimate of drug-likeness (QED) is 0.920. The van der Waals surface area contributed by atoms with Gasteiger partial charge in [0.05, 0.1) is 12.8 Å². The van der Waals surface area contributed by atoms with E-state index in [1.54, 1.807) is 6.26 Å². The zero-order valence-electron chi connectivity index (χ0n) is 13.0. The van der Waals surface area contributed by atoms with E-state index in [0.717, 1.165) is 31.8 Å². The Hall–Kier alpha value is -1.29. The molecule has 1 aromatic heterocycles. The molecule has 0 saturated carbocycles. The normalized spacial score (nSPS) is 23.4. The summed E-state index contributed by atoms with van der Waals surface area (Å²) in [5.74, 6) is 1.86. The van der Waals surface area contributed by atoms with Crippen molar-refractivity contribution >= 4 is 5.91 Å². The van der Waals surface area contributed by atoms with Crippen molar-refractivity contribution < 1.29 is 9.21 Å². The molecule has 2 heterocycles. The SMILES string of the molecule is Cc1ccoc1CN[C@H]1CCN(C(=O)C(C)C)C[C@H]1C. The molecule has 0 bridgehead atoms. The van der Waals surface area contributed by atoms with Crippen molar-refractivity contribution in [1.82, 2.24) is 10.2 Å². The van der Waals surface area contributed by atoms with E-state index in [-0.39, 0.29) is 11.8 Å². The summed E-state index contributed by atoms with van der Waals surface area (Å²) >= 11 is 0. The molecule has 2 atom stereocenters. The molecule has 0 unspecified atom stereocenters. The Balaban J connectivity index is 1.84. The van der Waals surface area contributed by atoms with Gasteiger partial charge < -0.3 is 14.6 Å². The van der Waals surface area contributed by atoms with E-state index in [4.69, 9.17) is 4.42 Å². The predicted octanol–water partition coefficient (Wildman–Crippen LogP) is 2.57. The molecular formula is C16H26N2O2. The third-order valence-corrected chi connectivity index (χ3v) is 4.20. The molecule has 1 fully saturated rings. The Morgan fingerprint density at radius 1 is 1.55 bits per heavy atom. The van der Waals surface area contributed by atoms with Crippen LogP contribution in [0.2, 0.25) is 0 Å². The van der Waals surface area contributed by atoms with Crippen LogP contribution >= 0.6 is 0 Å². The molecule has 0 radical (unpaired) electrons. The predicted molar refractivity (Wildman–Crippen MR) is 79.3 cm³/mol. The molecule has 112 valence electrons. The van der Waals surface area contributed by atoms with Crippen LogP contribution in [0.15, 0.2) is 16.7 Å². The number of hydrogen-bond donors (Lipinski definition) is 1. The third kappa shape index (κ3) is 3.42. The van der Waals surface area contributed by atoms with Crippen LogP contribution in [-0.2, 0) is 11.3 Å². The number of nitrogens with one attached hydrogen (secondary N) is 1. The van der Waals surface area contributed by atoms with Gasteiger partial charge in [-0.15, -0.1) is 0 Å². The minimum Gasteiger partial charge on any atom is -0.468 e. The standard InChI is InChI=1S/C16H26N2O2/c1-11(2)16(19)18-7-5-14(13(4)10-18)17-9-15-12(3)6-8-20-15/h6,8,11,13-14,17H,5,7,9-10H2,1-4H3/t13-,14+/m1/s1. The third-order valence-electron chi connectivity index (χ3n) is 4.20. The molecule has 1 N–H and O–H groups in total. The van der Waals surface area contributed by atoms with Gasteiger partial charge in [-0.05, 0) is 30.9 Å². The van der Waals surface area contributed by atoms with Crippen LogP contribution in [0.4, 0.5) is 0 Å². The molecule has 1 aliphatic heterocycles. The number of amides is 1. The van der Waals surface area contributed by atoms with Crippen LogP contribution in [0.25, 0.3) is 0 Å². The Bertz CT molecular complexity index is 453. The van der Waals surface area contributed by atoms with Crippen LogP contribution in [0, 0.1) is 18.8 Å². The minimum atomic E-state index is 0.0949. The van der Waals surface area contributed by atoms with Crippen molar-refractivity contribution in [2.45, 2.75) is 46.7 Å². The number of piperidine rings is 1. The maximum absolute atomic E-state index is 12.0. The number of likely N-dealkylation sites (tertiary alicyclic amines) is 1. The van der Waals surface area contributed by atoms with Gasteiger partial charge in [0, 0.05) is 25.0 Å². The maximum atomic E-state index is 12.0. The number of carbonyl (C=O) groups excluding carboxylic acids is 1. The van der Waals surface area contributed by atoms with Gasteiger partial charge >= 0.3 is 0 Å². The minimum absolute atomic E-state index is 0.0949. The summed E-state index contributed by atoms with van der Waals surface area (Å²) in [6.07, 6.45) is 2.75. The summed E-state index contributed by atoms with van der Waals surface area (Å²) in [6, 6.07) is 2.44. The molecule has 1 amide bonds. The number of furan rings is 1. The Morgan fingerprint density at radius 3 is 2.85 bits per heavy atom. The molecule has 2 rings (SSSR count). The monoisotopic (exact) mass is 278 g/mol. The summed E-state index contributed by atoms with van der Waals surface area (Å²) < 4.78 is 5.45. The maximum Gasteiger partial charge on any atom is 0.225 e. The first-order chi connectivity index (χ1) is 9.49. The van der Waals surface area contributed by atoms with E-state index in [1.807, 2.05) is 24.8 Å². The molecule has 1 saturated heterocycles. The summed E-state index contributed by atoms with van der Waals surface area (Å²) in [6.45, 7) is 10.7. The summed E-state index contributed by atoms with van der Waals surface area (Å²) in [5, 5.41) is 3.57. The van der Waals surface area contributed by atoms with E-state index >= 15 is 0 Å². The van der Waals surface area contributed by atoms with Crippen LogP contribution in [0.1, 0.15) is 38.5 Å². The van der Waals surface area contributed by atoms with Crippen molar-refractivity contribution in [1.29, 1.82) is 0 Å². The summed E-state index contributed by atoms with van der Waals surface area (Å²) in [7, 11) is 0. The largest absolute Gasteiger partial charge is 0.468 e. The number of aryl methyl sites for hydroxylation is 1. The fraction of sp³-hybridized carbons (Fsp3) is 0.688. The molecular weight excluding hydrogens is 252 g/mol. The molecule has 20 heavy (non-hydrogen) atoms. The number of nitrogens with zero attached hydrogens (tertiary/aromatic N) is 1.